The molecule has 3 rings (SSSR count). The van der Waals surface area contributed by atoms with E-state index in [4.69, 9.17) is 9.47 Å². The topological polar surface area (TPSA) is 64.6 Å². The minimum atomic E-state index is -0.470. The molecule has 0 bridgehead atoms. The first-order valence-corrected chi connectivity index (χ1v) is 8.35. The third-order valence-corrected chi connectivity index (χ3v) is 4.34. The average Bonchev–Trinajstić information content (AvgIpc) is 3.12. The summed E-state index contributed by atoms with van der Waals surface area (Å²) in [5.74, 6) is -0.111. The number of para-hydroxylation sites is 1. The summed E-state index contributed by atoms with van der Waals surface area (Å²) in [6.07, 6.45) is 3.19. The summed E-state index contributed by atoms with van der Waals surface area (Å²) in [6, 6.07) is 13.0. The van der Waals surface area contributed by atoms with Gasteiger partial charge < -0.3 is 14.8 Å². The Kier molecular flexibility index (Phi) is 5.33. The van der Waals surface area contributed by atoms with Crippen LogP contribution in [0.1, 0.15) is 33.5 Å². The lowest BCUT2D eigenvalue weighted by Gasteiger charge is -2.10. The molecule has 0 unspecified atom stereocenters. The van der Waals surface area contributed by atoms with E-state index in [1.165, 1.54) is 11.1 Å². The lowest BCUT2D eigenvalue weighted by molar-refractivity contribution is -0.124. The number of methoxy groups -OCH3 is 1. The van der Waals surface area contributed by atoms with Crippen LogP contribution in [0.15, 0.2) is 42.5 Å². The smallest absolute Gasteiger partial charge is 0.338 e. The highest BCUT2D eigenvalue weighted by atomic mass is 16.5. The minimum absolute atomic E-state index is 0.301. The molecule has 0 saturated carbocycles. The Bertz CT molecular complexity index is 785. The Balaban J connectivity index is 1.49. The Morgan fingerprint density at radius 3 is 2.72 bits per heavy atom. The molecule has 1 aliphatic rings. The molecule has 1 N–H and O–H groups in total. The highest BCUT2D eigenvalue weighted by Crippen LogP contribution is 2.23. The van der Waals surface area contributed by atoms with E-state index in [0.717, 1.165) is 24.8 Å². The number of nitrogens with one attached hydrogen (secondary N) is 1. The largest absolute Gasteiger partial charge is 0.496 e. The van der Waals surface area contributed by atoms with E-state index in [2.05, 4.69) is 5.32 Å². The summed E-state index contributed by atoms with van der Waals surface area (Å²) in [5.41, 5.74) is 3.86. The third kappa shape index (κ3) is 4.18. The maximum atomic E-state index is 12.1. The SMILES string of the molecule is COc1ccccc1CNC(=O)COC(=O)c1ccc2c(c1)CCC2. The van der Waals surface area contributed by atoms with Crippen molar-refractivity contribution in [2.75, 3.05) is 13.7 Å². The van der Waals surface area contributed by atoms with E-state index in [-0.39, 0.29) is 12.5 Å². The van der Waals surface area contributed by atoms with Gasteiger partial charge in [0.15, 0.2) is 6.61 Å². The van der Waals surface area contributed by atoms with E-state index in [0.29, 0.717) is 17.9 Å². The second kappa shape index (κ2) is 7.83. The van der Waals surface area contributed by atoms with Crippen LogP contribution in [0.25, 0.3) is 0 Å². The number of ether oxygens (including phenoxy) is 2. The van der Waals surface area contributed by atoms with Crippen molar-refractivity contribution in [3.8, 4) is 5.75 Å². The van der Waals surface area contributed by atoms with Crippen molar-refractivity contribution < 1.29 is 19.1 Å². The summed E-state index contributed by atoms with van der Waals surface area (Å²) in [7, 11) is 1.58. The van der Waals surface area contributed by atoms with Crippen molar-refractivity contribution in [3.05, 3.63) is 64.7 Å². The van der Waals surface area contributed by atoms with Gasteiger partial charge >= 0.3 is 5.97 Å². The Morgan fingerprint density at radius 1 is 1.08 bits per heavy atom. The molecule has 1 aliphatic carbocycles. The van der Waals surface area contributed by atoms with Crippen molar-refractivity contribution in [2.24, 2.45) is 0 Å². The molecule has 130 valence electrons. The molecular formula is C20H21NO4. The van der Waals surface area contributed by atoms with Crippen molar-refractivity contribution in [1.29, 1.82) is 0 Å². The van der Waals surface area contributed by atoms with E-state index >= 15 is 0 Å². The summed E-state index contributed by atoms with van der Waals surface area (Å²) < 4.78 is 10.3. The van der Waals surface area contributed by atoms with Crippen LogP contribution in [-0.4, -0.2) is 25.6 Å². The van der Waals surface area contributed by atoms with Gasteiger partial charge in [-0.15, -0.1) is 0 Å². The molecule has 0 aromatic heterocycles. The number of rotatable bonds is 6. The van der Waals surface area contributed by atoms with Crippen LogP contribution in [0, 0.1) is 0 Å². The maximum absolute atomic E-state index is 12.1. The van der Waals surface area contributed by atoms with Gasteiger partial charge in [0.05, 0.1) is 12.7 Å². The average molecular weight is 339 g/mol. The number of esters is 1. The quantitative estimate of drug-likeness (QED) is 0.822. The van der Waals surface area contributed by atoms with Crippen LogP contribution in [0.2, 0.25) is 0 Å². The van der Waals surface area contributed by atoms with Crippen molar-refractivity contribution in [2.45, 2.75) is 25.8 Å². The first-order valence-electron chi connectivity index (χ1n) is 8.35. The number of fused-ring (bicyclic) bond motifs is 1. The van der Waals surface area contributed by atoms with Gasteiger partial charge in [-0.1, -0.05) is 24.3 Å². The fourth-order valence-corrected chi connectivity index (χ4v) is 3.01. The zero-order valence-electron chi connectivity index (χ0n) is 14.2. The normalized spacial score (nSPS) is 12.4. The van der Waals surface area contributed by atoms with Gasteiger partial charge in [-0.3, -0.25) is 4.79 Å². The van der Waals surface area contributed by atoms with Gasteiger partial charge in [-0.25, -0.2) is 4.79 Å². The summed E-state index contributed by atoms with van der Waals surface area (Å²) >= 11 is 0. The molecule has 0 fully saturated rings. The van der Waals surface area contributed by atoms with Gasteiger partial charge in [-0.2, -0.15) is 0 Å². The van der Waals surface area contributed by atoms with Crippen LogP contribution in [0.5, 0.6) is 5.75 Å². The van der Waals surface area contributed by atoms with Gasteiger partial charge in [0.1, 0.15) is 5.75 Å². The zero-order valence-corrected chi connectivity index (χ0v) is 14.2. The highest BCUT2D eigenvalue weighted by Gasteiger charge is 2.15. The fraction of sp³-hybridized carbons (Fsp3) is 0.300. The molecule has 5 nitrogen and oxygen atoms in total. The van der Waals surface area contributed by atoms with E-state index in [1.807, 2.05) is 36.4 Å². The first kappa shape index (κ1) is 17.0. The van der Waals surface area contributed by atoms with E-state index in [1.54, 1.807) is 13.2 Å². The second-order valence-corrected chi connectivity index (χ2v) is 6.00. The molecule has 0 atom stereocenters. The van der Waals surface area contributed by atoms with Gasteiger partial charge in [0.25, 0.3) is 5.91 Å². The predicted molar refractivity (Wildman–Crippen MR) is 93.6 cm³/mol. The van der Waals surface area contributed by atoms with Crippen LogP contribution in [-0.2, 0) is 28.9 Å². The number of carbonyl (C=O) groups is 2. The van der Waals surface area contributed by atoms with Crippen LogP contribution in [0.4, 0.5) is 0 Å². The molecule has 1 amide bonds. The highest BCUT2D eigenvalue weighted by molar-refractivity contribution is 5.91. The molecule has 0 aliphatic heterocycles. The Hall–Kier alpha value is -2.82. The molecule has 0 spiro atoms. The lowest BCUT2D eigenvalue weighted by atomic mass is 10.1. The van der Waals surface area contributed by atoms with Crippen LogP contribution < -0.4 is 10.1 Å². The van der Waals surface area contributed by atoms with E-state index < -0.39 is 5.97 Å². The molecule has 5 heteroatoms. The molecule has 0 radical (unpaired) electrons. The number of aryl methyl sites for hydroxylation is 2. The predicted octanol–water partition coefficient (Wildman–Crippen LogP) is 2.66. The maximum Gasteiger partial charge on any atom is 0.338 e. The third-order valence-electron chi connectivity index (χ3n) is 4.34. The standard InChI is InChI=1S/C20H21NO4/c1-24-18-8-3-2-5-17(18)12-21-19(22)13-25-20(23)16-10-9-14-6-4-7-15(14)11-16/h2-3,5,8-11H,4,6-7,12-13H2,1H3,(H,21,22). The Morgan fingerprint density at radius 2 is 1.88 bits per heavy atom. The molecule has 2 aromatic carbocycles. The second-order valence-electron chi connectivity index (χ2n) is 6.00. The van der Waals surface area contributed by atoms with Gasteiger partial charge in [0.2, 0.25) is 0 Å². The van der Waals surface area contributed by atoms with Crippen molar-refractivity contribution in [3.63, 3.8) is 0 Å². The lowest BCUT2D eigenvalue weighted by Crippen LogP contribution is -2.28. The first-order chi connectivity index (χ1) is 12.2. The molecule has 0 saturated heterocycles. The number of hydrogen-bond acceptors (Lipinski definition) is 4. The van der Waals surface area contributed by atoms with Gasteiger partial charge in [0, 0.05) is 12.1 Å². The summed E-state index contributed by atoms with van der Waals surface area (Å²) in [4.78, 5) is 24.0. The van der Waals surface area contributed by atoms with Crippen molar-refractivity contribution in [1.82, 2.24) is 5.32 Å². The number of hydrogen-bond donors (Lipinski definition) is 1. The van der Waals surface area contributed by atoms with Crippen LogP contribution >= 0.6 is 0 Å². The van der Waals surface area contributed by atoms with Crippen molar-refractivity contribution >= 4 is 11.9 Å². The number of benzene rings is 2. The monoisotopic (exact) mass is 339 g/mol. The fourth-order valence-electron chi connectivity index (χ4n) is 3.01. The summed E-state index contributed by atoms with van der Waals surface area (Å²) in [5, 5.41) is 2.73. The molecule has 2 aromatic rings. The minimum Gasteiger partial charge on any atom is -0.496 e. The van der Waals surface area contributed by atoms with E-state index in [9.17, 15) is 9.59 Å². The molecule has 25 heavy (non-hydrogen) atoms. The number of carbonyl (C=O) groups excluding carboxylic acids is 2. The Labute approximate surface area is 147 Å². The zero-order chi connectivity index (χ0) is 17.6. The molecule has 0 heterocycles. The summed E-state index contributed by atoms with van der Waals surface area (Å²) in [6.45, 7) is 0.0182. The van der Waals surface area contributed by atoms with Crippen LogP contribution in [0.3, 0.4) is 0 Å². The number of amides is 1. The molecular weight excluding hydrogens is 318 g/mol. The van der Waals surface area contributed by atoms with Gasteiger partial charge in [-0.05, 0) is 48.6 Å².